The van der Waals surface area contributed by atoms with Crippen LogP contribution in [0.3, 0.4) is 0 Å². The number of nitrogens with one attached hydrogen (secondary N) is 2. The fourth-order valence-corrected chi connectivity index (χ4v) is 2.61. The third-order valence-electron chi connectivity index (χ3n) is 4.14. The van der Waals surface area contributed by atoms with Gasteiger partial charge in [-0.05, 0) is 25.1 Å². The summed E-state index contributed by atoms with van der Waals surface area (Å²) in [5.74, 6) is 2.08. The van der Waals surface area contributed by atoms with E-state index in [1.54, 1.807) is 21.3 Å². The van der Waals surface area contributed by atoms with Gasteiger partial charge in [-0.25, -0.2) is 0 Å². The highest BCUT2D eigenvalue weighted by molar-refractivity contribution is 5.79. The van der Waals surface area contributed by atoms with E-state index in [2.05, 4.69) is 40.6 Å². The molecule has 1 aromatic carbocycles. The summed E-state index contributed by atoms with van der Waals surface area (Å²) in [4.78, 5) is 6.58. The van der Waals surface area contributed by atoms with E-state index in [9.17, 15) is 0 Å². The Kier molecular flexibility index (Phi) is 10.7. The lowest BCUT2D eigenvalue weighted by molar-refractivity contribution is 0.180. The lowest BCUT2D eigenvalue weighted by Gasteiger charge is -2.20. The molecule has 1 atom stereocenters. The summed E-state index contributed by atoms with van der Waals surface area (Å²) in [6.07, 6.45) is 1.05. The molecule has 0 amide bonds. The molecule has 0 bridgehead atoms. The lowest BCUT2D eigenvalue weighted by atomic mass is 10.0. The van der Waals surface area contributed by atoms with E-state index in [4.69, 9.17) is 9.47 Å². The Morgan fingerprint density at radius 2 is 1.96 bits per heavy atom. The zero-order chi connectivity index (χ0) is 18.5. The standard InChI is InChI=1S/C19H34N4O2/c1-16(17-9-6-7-10-18(17)25-5)15-22-19(20-2)21-11-13-23(3)12-8-14-24-4/h6-7,9-10,16H,8,11-15H2,1-5H3,(H2,20,21,22). The number of nitrogens with zero attached hydrogens (tertiary/aromatic N) is 2. The van der Waals surface area contributed by atoms with Crippen molar-refractivity contribution in [3.63, 3.8) is 0 Å². The maximum absolute atomic E-state index is 5.44. The van der Waals surface area contributed by atoms with Crippen LogP contribution in [0, 0.1) is 0 Å². The maximum atomic E-state index is 5.44. The van der Waals surface area contributed by atoms with Gasteiger partial charge in [-0.1, -0.05) is 25.1 Å². The fraction of sp³-hybridized carbons (Fsp3) is 0.632. The van der Waals surface area contributed by atoms with Crippen molar-refractivity contribution in [1.82, 2.24) is 15.5 Å². The number of benzene rings is 1. The van der Waals surface area contributed by atoms with Gasteiger partial charge in [0, 0.05) is 52.9 Å². The number of likely N-dealkylation sites (N-methyl/N-ethyl adjacent to an activating group) is 1. The quantitative estimate of drug-likeness (QED) is 0.363. The van der Waals surface area contributed by atoms with Crippen molar-refractivity contribution in [3.8, 4) is 5.75 Å². The van der Waals surface area contributed by atoms with E-state index >= 15 is 0 Å². The smallest absolute Gasteiger partial charge is 0.191 e. The molecule has 142 valence electrons. The van der Waals surface area contributed by atoms with Crippen molar-refractivity contribution in [2.24, 2.45) is 4.99 Å². The number of para-hydroxylation sites is 1. The van der Waals surface area contributed by atoms with Gasteiger partial charge in [-0.15, -0.1) is 0 Å². The van der Waals surface area contributed by atoms with Crippen LogP contribution in [-0.4, -0.2) is 72.0 Å². The fourth-order valence-electron chi connectivity index (χ4n) is 2.61. The second kappa shape index (κ2) is 12.6. The van der Waals surface area contributed by atoms with Crippen LogP contribution in [0.15, 0.2) is 29.3 Å². The molecule has 0 aliphatic carbocycles. The van der Waals surface area contributed by atoms with Crippen molar-refractivity contribution in [3.05, 3.63) is 29.8 Å². The van der Waals surface area contributed by atoms with Crippen LogP contribution in [-0.2, 0) is 4.74 Å². The highest BCUT2D eigenvalue weighted by atomic mass is 16.5. The molecule has 6 heteroatoms. The Balaban J connectivity index is 2.34. The summed E-state index contributed by atoms with van der Waals surface area (Å²) in [6, 6.07) is 8.14. The van der Waals surface area contributed by atoms with Gasteiger partial charge in [0.05, 0.1) is 7.11 Å². The first-order chi connectivity index (χ1) is 12.1. The monoisotopic (exact) mass is 350 g/mol. The third kappa shape index (κ3) is 8.23. The Bertz CT molecular complexity index is 508. The van der Waals surface area contributed by atoms with Crippen molar-refractivity contribution < 1.29 is 9.47 Å². The molecule has 0 heterocycles. The van der Waals surface area contributed by atoms with Crippen LogP contribution in [0.2, 0.25) is 0 Å². The first kappa shape index (κ1) is 21.3. The van der Waals surface area contributed by atoms with Gasteiger partial charge in [-0.3, -0.25) is 4.99 Å². The first-order valence-electron chi connectivity index (χ1n) is 8.87. The maximum Gasteiger partial charge on any atom is 0.191 e. The SMILES string of the molecule is CN=C(NCCN(C)CCCOC)NCC(C)c1ccccc1OC. The van der Waals surface area contributed by atoms with Gasteiger partial charge in [0.25, 0.3) is 0 Å². The normalized spacial score (nSPS) is 13.0. The molecular weight excluding hydrogens is 316 g/mol. The van der Waals surface area contributed by atoms with Gasteiger partial charge in [-0.2, -0.15) is 0 Å². The molecule has 1 unspecified atom stereocenters. The Morgan fingerprint density at radius 1 is 1.20 bits per heavy atom. The topological polar surface area (TPSA) is 58.1 Å². The Morgan fingerprint density at radius 3 is 2.64 bits per heavy atom. The molecule has 2 N–H and O–H groups in total. The van der Waals surface area contributed by atoms with Crippen LogP contribution < -0.4 is 15.4 Å². The van der Waals surface area contributed by atoms with Crippen molar-refractivity contribution in [2.75, 3.05) is 61.1 Å². The zero-order valence-electron chi connectivity index (χ0n) is 16.3. The highest BCUT2D eigenvalue weighted by Gasteiger charge is 2.11. The van der Waals surface area contributed by atoms with E-state index in [1.807, 2.05) is 18.2 Å². The second-order valence-electron chi connectivity index (χ2n) is 6.17. The summed E-state index contributed by atoms with van der Waals surface area (Å²) in [5, 5.41) is 6.75. The number of hydrogen-bond donors (Lipinski definition) is 2. The van der Waals surface area contributed by atoms with E-state index in [-0.39, 0.29) is 0 Å². The minimum Gasteiger partial charge on any atom is -0.496 e. The summed E-state index contributed by atoms with van der Waals surface area (Å²) in [7, 11) is 7.37. The van der Waals surface area contributed by atoms with Crippen molar-refractivity contribution in [2.45, 2.75) is 19.3 Å². The predicted octanol–water partition coefficient (Wildman–Crippen LogP) is 1.93. The molecule has 0 fully saturated rings. The van der Waals surface area contributed by atoms with Crippen LogP contribution in [0.1, 0.15) is 24.8 Å². The molecule has 0 saturated heterocycles. The number of hydrogen-bond acceptors (Lipinski definition) is 4. The predicted molar refractivity (Wildman–Crippen MR) is 105 cm³/mol. The first-order valence-corrected chi connectivity index (χ1v) is 8.87. The minimum atomic E-state index is 0.325. The van der Waals surface area contributed by atoms with Gasteiger partial charge >= 0.3 is 0 Å². The van der Waals surface area contributed by atoms with Crippen LogP contribution >= 0.6 is 0 Å². The number of methoxy groups -OCH3 is 2. The minimum absolute atomic E-state index is 0.325. The largest absolute Gasteiger partial charge is 0.496 e. The van der Waals surface area contributed by atoms with Crippen LogP contribution in [0.5, 0.6) is 5.75 Å². The van der Waals surface area contributed by atoms with Crippen LogP contribution in [0.4, 0.5) is 0 Å². The van der Waals surface area contributed by atoms with Crippen molar-refractivity contribution in [1.29, 1.82) is 0 Å². The molecule has 0 aliphatic rings. The summed E-state index contributed by atoms with van der Waals surface area (Å²) in [5.41, 5.74) is 1.20. The average Bonchev–Trinajstić information content (AvgIpc) is 2.64. The number of aliphatic imine (C=N–C) groups is 1. The molecular formula is C19H34N4O2. The molecule has 25 heavy (non-hydrogen) atoms. The zero-order valence-corrected chi connectivity index (χ0v) is 16.3. The molecule has 0 aromatic heterocycles. The molecule has 0 radical (unpaired) electrons. The summed E-state index contributed by atoms with van der Waals surface area (Å²) < 4.78 is 10.5. The van der Waals surface area contributed by atoms with E-state index in [0.29, 0.717) is 5.92 Å². The van der Waals surface area contributed by atoms with Gasteiger partial charge in [0.15, 0.2) is 5.96 Å². The molecule has 0 spiro atoms. The van der Waals surface area contributed by atoms with E-state index in [0.717, 1.165) is 50.9 Å². The van der Waals surface area contributed by atoms with Crippen molar-refractivity contribution >= 4 is 5.96 Å². The second-order valence-corrected chi connectivity index (χ2v) is 6.17. The van der Waals surface area contributed by atoms with Crippen LogP contribution in [0.25, 0.3) is 0 Å². The number of rotatable bonds is 11. The lowest BCUT2D eigenvalue weighted by Crippen LogP contribution is -2.42. The molecule has 1 aromatic rings. The Labute approximate surface area is 152 Å². The summed E-state index contributed by atoms with van der Waals surface area (Å²) >= 11 is 0. The van der Waals surface area contributed by atoms with Gasteiger partial charge in [0.2, 0.25) is 0 Å². The highest BCUT2D eigenvalue weighted by Crippen LogP contribution is 2.25. The van der Waals surface area contributed by atoms with E-state index < -0.39 is 0 Å². The van der Waals surface area contributed by atoms with Gasteiger partial charge < -0.3 is 25.0 Å². The number of ether oxygens (including phenoxy) is 2. The average molecular weight is 351 g/mol. The molecule has 1 rings (SSSR count). The van der Waals surface area contributed by atoms with Gasteiger partial charge in [0.1, 0.15) is 5.75 Å². The third-order valence-corrected chi connectivity index (χ3v) is 4.14. The molecule has 0 saturated carbocycles. The number of guanidine groups is 1. The molecule has 0 aliphatic heterocycles. The Hall–Kier alpha value is -1.79. The molecule has 6 nitrogen and oxygen atoms in total. The van der Waals surface area contributed by atoms with E-state index in [1.165, 1.54) is 5.56 Å². The summed E-state index contributed by atoms with van der Waals surface area (Å²) in [6.45, 7) is 6.64.